The van der Waals surface area contributed by atoms with Gasteiger partial charge in [0.1, 0.15) is 5.56 Å². The lowest BCUT2D eigenvalue weighted by Crippen LogP contribution is -2.34. The number of nitrogens with zero attached hydrogens (tertiary/aromatic N) is 2. The molecule has 1 aliphatic carbocycles. The lowest BCUT2D eigenvalue weighted by Gasteiger charge is -2.24. The third-order valence-electron chi connectivity index (χ3n) is 6.11. The van der Waals surface area contributed by atoms with E-state index in [1.165, 1.54) is 4.57 Å². The van der Waals surface area contributed by atoms with Crippen LogP contribution < -0.4 is 11.2 Å². The van der Waals surface area contributed by atoms with Crippen molar-refractivity contribution in [2.45, 2.75) is 38.1 Å². The summed E-state index contributed by atoms with van der Waals surface area (Å²) in [5, 5.41) is 11.0. The van der Waals surface area contributed by atoms with E-state index in [0.29, 0.717) is 0 Å². The lowest BCUT2D eigenvalue weighted by atomic mass is 9.94. The van der Waals surface area contributed by atoms with Crippen LogP contribution in [0.2, 0.25) is 0 Å². The molecule has 0 bridgehead atoms. The summed E-state index contributed by atoms with van der Waals surface area (Å²) in [5.41, 5.74) is 3.02. The quantitative estimate of drug-likeness (QED) is 0.666. The highest BCUT2D eigenvalue weighted by molar-refractivity contribution is 6.39. The molecule has 3 aromatic rings. The highest BCUT2D eigenvalue weighted by Crippen LogP contribution is 2.38. The summed E-state index contributed by atoms with van der Waals surface area (Å²) in [6.45, 7) is 0. The summed E-state index contributed by atoms with van der Waals surface area (Å²) in [5.74, 6) is -0.273. The first-order chi connectivity index (χ1) is 15.1. The molecular weight excluding hydrogens is 390 g/mol. The molecule has 0 amide bonds. The molecule has 2 N–H and O–H groups in total. The minimum atomic E-state index is -0.598. The summed E-state index contributed by atoms with van der Waals surface area (Å²) in [4.78, 5) is 32.4. The molecular formula is C25H23N3O3. The Bertz CT molecular complexity index is 1310. The maximum atomic E-state index is 12.7. The van der Waals surface area contributed by atoms with Gasteiger partial charge in [0, 0.05) is 22.7 Å². The van der Waals surface area contributed by atoms with Gasteiger partial charge >= 0.3 is 5.69 Å². The van der Waals surface area contributed by atoms with Crippen molar-refractivity contribution in [3.05, 3.63) is 92.1 Å². The SMILES string of the molecule is O=c1[nH]c(=O)n(C2CCCCC2)c(O)c1/C=C1/C(c2ccccc2)=Nc2ccccc21. The van der Waals surface area contributed by atoms with Gasteiger partial charge in [0.25, 0.3) is 5.56 Å². The minimum Gasteiger partial charge on any atom is -0.494 e. The Labute approximate surface area is 179 Å². The fourth-order valence-corrected chi connectivity index (χ4v) is 4.57. The van der Waals surface area contributed by atoms with E-state index in [1.54, 1.807) is 6.08 Å². The Balaban J connectivity index is 1.69. The van der Waals surface area contributed by atoms with Crippen molar-refractivity contribution in [3.63, 3.8) is 0 Å². The summed E-state index contributed by atoms with van der Waals surface area (Å²) >= 11 is 0. The van der Waals surface area contributed by atoms with E-state index in [4.69, 9.17) is 4.99 Å². The highest BCUT2D eigenvalue weighted by Gasteiger charge is 2.26. The van der Waals surface area contributed by atoms with Crippen LogP contribution in [0.4, 0.5) is 5.69 Å². The molecule has 1 aliphatic heterocycles. The number of nitrogens with one attached hydrogen (secondary N) is 1. The molecule has 5 rings (SSSR count). The predicted octanol–water partition coefficient (Wildman–Crippen LogP) is 4.42. The number of aromatic hydroxyl groups is 1. The predicted molar refractivity (Wildman–Crippen MR) is 122 cm³/mol. The van der Waals surface area contributed by atoms with Crippen molar-refractivity contribution in [2.75, 3.05) is 0 Å². The Morgan fingerprint density at radius 1 is 0.968 bits per heavy atom. The maximum Gasteiger partial charge on any atom is 0.331 e. The molecule has 0 unspecified atom stereocenters. The number of fused-ring (bicyclic) bond motifs is 1. The fourth-order valence-electron chi connectivity index (χ4n) is 4.57. The zero-order valence-electron chi connectivity index (χ0n) is 17.0. The van der Waals surface area contributed by atoms with Gasteiger partial charge in [-0.15, -0.1) is 0 Å². The zero-order chi connectivity index (χ0) is 21.4. The molecule has 31 heavy (non-hydrogen) atoms. The lowest BCUT2D eigenvalue weighted by molar-refractivity contribution is 0.298. The van der Waals surface area contributed by atoms with E-state index < -0.39 is 11.2 Å². The van der Waals surface area contributed by atoms with Gasteiger partial charge in [-0.25, -0.2) is 9.79 Å². The van der Waals surface area contributed by atoms with Crippen molar-refractivity contribution < 1.29 is 5.11 Å². The summed E-state index contributed by atoms with van der Waals surface area (Å²) in [6.07, 6.45) is 6.42. The van der Waals surface area contributed by atoms with E-state index in [9.17, 15) is 14.7 Å². The van der Waals surface area contributed by atoms with Crippen LogP contribution in [0.5, 0.6) is 5.88 Å². The third-order valence-corrected chi connectivity index (χ3v) is 6.11. The van der Waals surface area contributed by atoms with Crippen LogP contribution in [0, 0.1) is 0 Å². The smallest absolute Gasteiger partial charge is 0.331 e. The van der Waals surface area contributed by atoms with Gasteiger partial charge in [-0.2, -0.15) is 0 Å². The van der Waals surface area contributed by atoms with Crippen LogP contribution in [0.1, 0.15) is 54.8 Å². The van der Waals surface area contributed by atoms with E-state index >= 15 is 0 Å². The largest absolute Gasteiger partial charge is 0.494 e. The first-order valence-corrected chi connectivity index (χ1v) is 10.7. The van der Waals surface area contributed by atoms with Crippen LogP contribution in [-0.4, -0.2) is 20.4 Å². The number of aromatic nitrogens is 2. The van der Waals surface area contributed by atoms with Crippen LogP contribution in [-0.2, 0) is 0 Å². The summed E-state index contributed by atoms with van der Waals surface area (Å²) in [6, 6.07) is 17.3. The number of benzene rings is 2. The van der Waals surface area contributed by atoms with Gasteiger partial charge in [-0.05, 0) is 25.0 Å². The average Bonchev–Trinajstić information content (AvgIpc) is 3.16. The number of aromatic amines is 1. The Hall–Kier alpha value is -3.67. The molecule has 0 spiro atoms. The number of H-pyrrole nitrogens is 1. The summed E-state index contributed by atoms with van der Waals surface area (Å²) in [7, 11) is 0. The van der Waals surface area contributed by atoms with Crippen molar-refractivity contribution >= 4 is 23.0 Å². The number of hydrogen-bond acceptors (Lipinski definition) is 4. The first-order valence-electron chi connectivity index (χ1n) is 10.7. The molecule has 2 aromatic carbocycles. The van der Waals surface area contributed by atoms with Crippen LogP contribution in [0.15, 0.2) is 69.2 Å². The zero-order valence-corrected chi connectivity index (χ0v) is 17.0. The molecule has 1 saturated carbocycles. The normalized spacial score (nSPS) is 17.5. The minimum absolute atomic E-state index is 0.0838. The first kappa shape index (κ1) is 19.3. The number of aliphatic imine (C=N–C) groups is 1. The molecule has 0 atom stereocenters. The molecule has 1 fully saturated rings. The monoisotopic (exact) mass is 413 g/mol. The van der Waals surface area contributed by atoms with E-state index in [-0.39, 0.29) is 17.5 Å². The molecule has 6 nitrogen and oxygen atoms in total. The number of para-hydroxylation sites is 1. The maximum absolute atomic E-state index is 12.7. The average molecular weight is 413 g/mol. The molecule has 1 aromatic heterocycles. The second-order valence-electron chi connectivity index (χ2n) is 8.06. The Morgan fingerprint density at radius 3 is 2.45 bits per heavy atom. The van der Waals surface area contributed by atoms with Gasteiger partial charge in [0.05, 0.1) is 11.4 Å². The van der Waals surface area contributed by atoms with Gasteiger partial charge < -0.3 is 5.11 Å². The van der Waals surface area contributed by atoms with Gasteiger partial charge in [0.2, 0.25) is 5.88 Å². The number of hydrogen-bond donors (Lipinski definition) is 2. The molecule has 2 aliphatic rings. The second-order valence-corrected chi connectivity index (χ2v) is 8.06. The van der Waals surface area contributed by atoms with Crippen LogP contribution in [0.25, 0.3) is 11.6 Å². The van der Waals surface area contributed by atoms with E-state index in [2.05, 4.69) is 4.98 Å². The van der Waals surface area contributed by atoms with Gasteiger partial charge in [0.15, 0.2) is 0 Å². The molecule has 2 heterocycles. The van der Waals surface area contributed by atoms with Crippen molar-refractivity contribution in [2.24, 2.45) is 4.99 Å². The van der Waals surface area contributed by atoms with Gasteiger partial charge in [-0.3, -0.25) is 14.3 Å². The molecule has 0 saturated heterocycles. The molecule has 156 valence electrons. The van der Waals surface area contributed by atoms with Crippen molar-refractivity contribution in [1.82, 2.24) is 9.55 Å². The van der Waals surface area contributed by atoms with Gasteiger partial charge in [-0.1, -0.05) is 67.8 Å². The van der Waals surface area contributed by atoms with E-state index in [0.717, 1.165) is 60.2 Å². The highest BCUT2D eigenvalue weighted by atomic mass is 16.3. The summed E-state index contributed by atoms with van der Waals surface area (Å²) < 4.78 is 1.35. The number of rotatable bonds is 3. The number of allylic oxidation sites excluding steroid dienone is 1. The fraction of sp³-hybridized carbons (Fsp3) is 0.240. The Morgan fingerprint density at radius 2 is 1.68 bits per heavy atom. The van der Waals surface area contributed by atoms with E-state index in [1.807, 2.05) is 54.6 Å². The van der Waals surface area contributed by atoms with Crippen molar-refractivity contribution in [1.29, 1.82) is 0 Å². The second kappa shape index (κ2) is 7.87. The van der Waals surface area contributed by atoms with Crippen LogP contribution in [0.3, 0.4) is 0 Å². The standard InChI is InChI=1S/C25H23N3O3/c29-23-20(24(30)28(25(31)27-23)17-11-5-2-6-12-17)15-19-18-13-7-8-14-21(18)26-22(19)16-9-3-1-4-10-16/h1,3-4,7-10,13-15,17,30H,2,5-6,11-12H2,(H,27,29,31)/b19-15+. The molecule has 6 heteroatoms. The van der Waals surface area contributed by atoms with Crippen molar-refractivity contribution in [3.8, 4) is 5.88 Å². The van der Waals surface area contributed by atoms with Crippen LogP contribution >= 0.6 is 0 Å². The molecule has 0 radical (unpaired) electrons. The topological polar surface area (TPSA) is 87.5 Å². The Kier molecular flexibility index (Phi) is 4.90. The third kappa shape index (κ3) is 3.44.